The highest BCUT2D eigenvalue weighted by Crippen LogP contribution is 2.35. The van der Waals surface area contributed by atoms with Gasteiger partial charge >= 0.3 is 6.18 Å². The average Bonchev–Trinajstić information content (AvgIpc) is 2.94. The van der Waals surface area contributed by atoms with Crippen LogP contribution in [0.15, 0.2) is 23.1 Å². The van der Waals surface area contributed by atoms with E-state index < -0.39 is 11.9 Å². The Balaban J connectivity index is 2.11. The van der Waals surface area contributed by atoms with E-state index in [0.29, 0.717) is 28.9 Å². The highest BCUT2D eigenvalue weighted by atomic mass is 32.2. The van der Waals surface area contributed by atoms with Crippen molar-refractivity contribution >= 4 is 23.4 Å². The molecule has 3 nitrogen and oxygen atoms in total. The van der Waals surface area contributed by atoms with Crippen molar-refractivity contribution in [3.05, 3.63) is 23.8 Å². The van der Waals surface area contributed by atoms with E-state index in [1.165, 1.54) is 0 Å². The fourth-order valence-electron chi connectivity index (χ4n) is 2.92. The largest absolute Gasteiger partial charge is 0.398 e. The number of anilines is 1. The molecule has 23 heavy (non-hydrogen) atoms. The summed E-state index contributed by atoms with van der Waals surface area (Å²) in [5.74, 6) is -1.11. The van der Waals surface area contributed by atoms with Gasteiger partial charge in [-0.25, -0.2) is 0 Å². The molecule has 1 aromatic carbocycles. The first-order valence-corrected chi connectivity index (χ1v) is 8.60. The summed E-state index contributed by atoms with van der Waals surface area (Å²) in [7, 11) is 0. The molecule has 1 fully saturated rings. The van der Waals surface area contributed by atoms with E-state index in [1.807, 2.05) is 6.92 Å². The molecule has 1 aromatic rings. The van der Waals surface area contributed by atoms with Gasteiger partial charge in [0.15, 0.2) is 0 Å². The molecule has 7 heteroatoms. The molecule has 2 rings (SSSR count). The summed E-state index contributed by atoms with van der Waals surface area (Å²) in [4.78, 5) is 12.9. The maximum Gasteiger partial charge on any atom is 0.398 e. The highest BCUT2D eigenvalue weighted by molar-refractivity contribution is 7.99. The Morgan fingerprint density at radius 2 is 2.13 bits per heavy atom. The molecule has 0 saturated heterocycles. The maximum atomic E-state index is 12.5. The van der Waals surface area contributed by atoms with Gasteiger partial charge in [0.1, 0.15) is 0 Å². The quantitative estimate of drug-likeness (QED) is 0.794. The molecular formula is C16H21F3N2OS. The van der Waals surface area contributed by atoms with Gasteiger partial charge in [-0.05, 0) is 49.9 Å². The van der Waals surface area contributed by atoms with Crippen LogP contribution in [0.1, 0.15) is 24.8 Å². The number of thioether (sulfide) groups is 1. The Morgan fingerprint density at radius 3 is 2.78 bits per heavy atom. The molecule has 0 aromatic heterocycles. The molecule has 0 unspecified atom stereocenters. The van der Waals surface area contributed by atoms with Crippen LogP contribution in [0, 0.1) is 18.8 Å². The van der Waals surface area contributed by atoms with Crippen molar-refractivity contribution in [1.82, 2.24) is 0 Å². The van der Waals surface area contributed by atoms with Gasteiger partial charge in [-0.3, -0.25) is 4.79 Å². The van der Waals surface area contributed by atoms with Gasteiger partial charge in [-0.1, -0.05) is 12.5 Å². The predicted molar refractivity (Wildman–Crippen MR) is 86.5 cm³/mol. The third-order valence-electron chi connectivity index (χ3n) is 4.08. The second-order valence-corrected chi connectivity index (χ2v) is 6.94. The number of rotatable bonds is 5. The maximum absolute atomic E-state index is 12.5. The van der Waals surface area contributed by atoms with E-state index in [-0.39, 0.29) is 17.7 Å². The summed E-state index contributed by atoms with van der Waals surface area (Å²) in [5.41, 5.74) is 7.03. The van der Waals surface area contributed by atoms with Crippen LogP contribution in [0.4, 0.5) is 18.9 Å². The van der Waals surface area contributed by atoms with Crippen LogP contribution >= 0.6 is 11.8 Å². The number of amides is 1. The third-order valence-corrected chi connectivity index (χ3v) is 5.22. The summed E-state index contributed by atoms with van der Waals surface area (Å²) in [6, 6.07) is 5.08. The molecule has 0 radical (unpaired) electrons. The summed E-state index contributed by atoms with van der Waals surface area (Å²) >= 11 is 0.689. The summed E-state index contributed by atoms with van der Waals surface area (Å²) < 4.78 is 37.3. The van der Waals surface area contributed by atoms with Crippen LogP contribution in [-0.4, -0.2) is 24.4 Å². The molecule has 0 aliphatic heterocycles. The lowest BCUT2D eigenvalue weighted by Crippen LogP contribution is -2.30. The van der Waals surface area contributed by atoms with Crippen molar-refractivity contribution < 1.29 is 18.0 Å². The van der Waals surface area contributed by atoms with Crippen LogP contribution in [0.5, 0.6) is 0 Å². The van der Waals surface area contributed by atoms with Gasteiger partial charge in [-0.15, -0.1) is 11.8 Å². The second kappa shape index (κ2) is 7.57. The molecule has 3 N–H and O–H groups in total. The summed E-state index contributed by atoms with van der Waals surface area (Å²) in [6.07, 6.45) is -1.57. The summed E-state index contributed by atoms with van der Waals surface area (Å²) in [5, 5.41) is 2.81. The minimum atomic E-state index is -4.24. The Morgan fingerprint density at radius 1 is 1.39 bits per heavy atom. The summed E-state index contributed by atoms with van der Waals surface area (Å²) in [6.45, 7) is 2.30. The van der Waals surface area contributed by atoms with E-state index in [0.717, 1.165) is 24.8 Å². The van der Waals surface area contributed by atoms with Gasteiger partial charge in [0.05, 0.1) is 11.4 Å². The first kappa shape index (κ1) is 18.1. The first-order chi connectivity index (χ1) is 10.8. The molecule has 2 atom stereocenters. The van der Waals surface area contributed by atoms with Crippen LogP contribution in [0.2, 0.25) is 0 Å². The zero-order valence-electron chi connectivity index (χ0n) is 13.0. The molecule has 1 saturated carbocycles. The van der Waals surface area contributed by atoms with Crippen molar-refractivity contribution in [2.45, 2.75) is 37.3 Å². The second-order valence-electron chi connectivity index (χ2n) is 5.93. The van der Waals surface area contributed by atoms with Crippen molar-refractivity contribution in [2.75, 3.05) is 17.6 Å². The van der Waals surface area contributed by atoms with Gasteiger partial charge in [-0.2, -0.15) is 13.2 Å². The number of carbonyl (C=O) groups excluding carboxylic acids is 1. The van der Waals surface area contributed by atoms with Crippen molar-refractivity contribution in [3.63, 3.8) is 0 Å². The number of hydrogen-bond acceptors (Lipinski definition) is 3. The minimum absolute atomic E-state index is 0.141. The lowest BCUT2D eigenvalue weighted by Gasteiger charge is -2.19. The van der Waals surface area contributed by atoms with E-state index in [9.17, 15) is 18.0 Å². The van der Waals surface area contributed by atoms with Crippen LogP contribution in [0.25, 0.3) is 0 Å². The lowest BCUT2D eigenvalue weighted by molar-refractivity contribution is -0.120. The normalized spacial score (nSPS) is 21.4. The minimum Gasteiger partial charge on any atom is -0.330 e. The van der Waals surface area contributed by atoms with Gasteiger partial charge < -0.3 is 11.1 Å². The number of hydrogen-bond donors (Lipinski definition) is 2. The molecule has 128 valence electrons. The van der Waals surface area contributed by atoms with Crippen LogP contribution in [0.3, 0.4) is 0 Å². The smallest absolute Gasteiger partial charge is 0.330 e. The molecular weight excluding hydrogens is 325 g/mol. The van der Waals surface area contributed by atoms with Gasteiger partial charge in [0, 0.05) is 10.8 Å². The number of nitrogens with one attached hydrogen (secondary N) is 1. The van der Waals surface area contributed by atoms with Crippen molar-refractivity contribution in [3.8, 4) is 0 Å². The lowest BCUT2D eigenvalue weighted by atomic mass is 9.95. The predicted octanol–water partition coefficient (Wildman–Crippen LogP) is 3.96. The van der Waals surface area contributed by atoms with Gasteiger partial charge in [0.25, 0.3) is 0 Å². The van der Waals surface area contributed by atoms with Crippen molar-refractivity contribution in [2.24, 2.45) is 17.6 Å². The molecule has 0 heterocycles. The Kier molecular flexibility index (Phi) is 5.97. The molecule has 0 bridgehead atoms. The number of alkyl halides is 3. The molecule has 0 spiro atoms. The fraction of sp³-hybridized carbons (Fsp3) is 0.562. The van der Waals surface area contributed by atoms with Crippen LogP contribution in [-0.2, 0) is 4.79 Å². The zero-order valence-corrected chi connectivity index (χ0v) is 13.8. The molecule has 1 amide bonds. The Bertz CT molecular complexity index is 563. The van der Waals surface area contributed by atoms with Crippen LogP contribution < -0.4 is 11.1 Å². The molecule has 1 aliphatic rings. The Labute approximate surface area is 138 Å². The monoisotopic (exact) mass is 346 g/mol. The number of nitrogens with two attached hydrogens (primary N) is 1. The average molecular weight is 346 g/mol. The van der Waals surface area contributed by atoms with Crippen molar-refractivity contribution in [1.29, 1.82) is 0 Å². The number of benzene rings is 1. The first-order valence-electron chi connectivity index (χ1n) is 7.61. The zero-order chi connectivity index (χ0) is 17.0. The third kappa shape index (κ3) is 5.14. The fourth-order valence-corrected chi connectivity index (χ4v) is 3.67. The highest BCUT2D eigenvalue weighted by Gasteiger charge is 2.32. The molecule has 1 aliphatic carbocycles. The van der Waals surface area contributed by atoms with E-state index in [2.05, 4.69) is 5.32 Å². The number of halogens is 3. The number of carbonyl (C=O) groups is 1. The van der Waals surface area contributed by atoms with E-state index in [4.69, 9.17) is 5.73 Å². The number of aryl methyl sites for hydroxylation is 1. The Hall–Kier alpha value is -1.21. The standard InChI is InChI=1S/C16H21F3N2OS/c1-10-5-6-14(23-9-16(17,18)19)13(7-10)21-15(22)12-4-2-3-11(12)8-20/h5-7,11-12H,2-4,8-9,20H2,1H3,(H,21,22)/t11-,12-/m1/s1. The van der Waals surface area contributed by atoms with Gasteiger partial charge in [0.2, 0.25) is 5.91 Å². The van der Waals surface area contributed by atoms with E-state index >= 15 is 0 Å². The SMILES string of the molecule is Cc1ccc(SCC(F)(F)F)c(NC(=O)[C@@H]2CCC[C@@H]2CN)c1. The van der Waals surface area contributed by atoms with E-state index in [1.54, 1.807) is 18.2 Å². The topological polar surface area (TPSA) is 55.1 Å².